The quantitative estimate of drug-likeness (QED) is 0.871. The van der Waals surface area contributed by atoms with Crippen LogP contribution in [-0.2, 0) is 10.1 Å². The highest BCUT2D eigenvalue weighted by molar-refractivity contribution is 9.08. The minimum atomic E-state index is -0.512. The molecule has 1 rings (SSSR count). The largest absolute Gasteiger partial charge is 0.444 e. The van der Waals surface area contributed by atoms with Gasteiger partial charge in [0.2, 0.25) is 5.89 Å². The maximum Gasteiger partial charge on any atom is 0.408 e. The Hall–Kier alpha value is -1.04. The molecule has 0 unspecified atom stereocenters. The molecule has 1 N–H and O–H groups in total. The van der Waals surface area contributed by atoms with Crippen molar-refractivity contribution >= 4 is 22.0 Å². The van der Waals surface area contributed by atoms with Gasteiger partial charge in [-0.15, -0.1) is 0 Å². The SMILES string of the molecule is C[C@H](NC(=O)OC(C)(C)C)c1ncc(CBr)o1. The summed E-state index contributed by atoms with van der Waals surface area (Å²) in [5.41, 5.74) is -0.512. The number of hydrogen-bond donors (Lipinski definition) is 1. The fraction of sp³-hybridized carbons (Fsp3) is 0.636. The first kappa shape index (κ1) is 14.0. The third-order valence-corrected chi connectivity index (χ3v) is 2.36. The summed E-state index contributed by atoms with van der Waals surface area (Å²) < 4.78 is 10.5. The molecule has 0 aliphatic rings. The van der Waals surface area contributed by atoms with Crippen molar-refractivity contribution in [3.8, 4) is 0 Å². The number of oxazole rings is 1. The third-order valence-electron chi connectivity index (χ3n) is 1.81. The molecule has 96 valence electrons. The van der Waals surface area contributed by atoms with Crippen LogP contribution in [0, 0.1) is 0 Å². The Morgan fingerprint density at radius 3 is 2.76 bits per heavy atom. The van der Waals surface area contributed by atoms with Crippen LogP contribution in [0.2, 0.25) is 0 Å². The summed E-state index contributed by atoms with van der Waals surface area (Å²) in [6.45, 7) is 7.22. The van der Waals surface area contributed by atoms with E-state index in [2.05, 4.69) is 26.2 Å². The third kappa shape index (κ3) is 4.77. The van der Waals surface area contributed by atoms with E-state index in [4.69, 9.17) is 9.15 Å². The Bertz CT molecular complexity index is 384. The number of carbonyl (C=O) groups is 1. The van der Waals surface area contributed by atoms with Gasteiger partial charge in [-0.3, -0.25) is 0 Å². The van der Waals surface area contributed by atoms with Gasteiger partial charge in [-0.2, -0.15) is 0 Å². The van der Waals surface area contributed by atoms with E-state index >= 15 is 0 Å². The second-order valence-corrected chi connectivity index (χ2v) is 5.23. The Kier molecular flexibility index (Phi) is 4.56. The molecule has 1 aromatic heterocycles. The first-order chi connectivity index (χ1) is 7.81. The van der Waals surface area contributed by atoms with Crippen LogP contribution in [0.25, 0.3) is 0 Å². The number of ether oxygens (including phenoxy) is 1. The van der Waals surface area contributed by atoms with Crippen LogP contribution in [0.4, 0.5) is 4.79 Å². The van der Waals surface area contributed by atoms with Gasteiger partial charge >= 0.3 is 6.09 Å². The monoisotopic (exact) mass is 304 g/mol. The van der Waals surface area contributed by atoms with Crippen molar-refractivity contribution in [1.29, 1.82) is 0 Å². The molecular weight excluding hydrogens is 288 g/mol. The summed E-state index contributed by atoms with van der Waals surface area (Å²) in [5.74, 6) is 1.18. The molecule has 1 heterocycles. The normalized spacial score (nSPS) is 13.2. The molecular formula is C11H17BrN2O3. The second kappa shape index (κ2) is 5.53. The Labute approximate surface area is 109 Å². The van der Waals surface area contributed by atoms with Gasteiger partial charge in [-0.25, -0.2) is 9.78 Å². The predicted octanol–water partition coefficient (Wildman–Crippen LogP) is 3.16. The number of halogens is 1. The topological polar surface area (TPSA) is 64.4 Å². The fourth-order valence-electron chi connectivity index (χ4n) is 1.13. The maximum absolute atomic E-state index is 11.5. The molecule has 0 aromatic carbocycles. The van der Waals surface area contributed by atoms with Gasteiger partial charge in [-0.1, -0.05) is 15.9 Å². The number of rotatable bonds is 3. The summed E-state index contributed by atoms with van der Waals surface area (Å²) in [6.07, 6.45) is 1.14. The summed E-state index contributed by atoms with van der Waals surface area (Å²) in [7, 11) is 0. The van der Waals surface area contributed by atoms with Crippen molar-refractivity contribution in [3.63, 3.8) is 0 Å². The summed E-state index contributed by atoms with van der Waals surface area (Å²) >= 11 is 3.26. The van der Waals surface area contributed by atoms with E-state index in [-0.39, 0.29) is 6.04 Å². The zero-order valence-electron chi connectivity index (χ0n) is 10.4. The summed E-state index contributed by atoms with van der Waals surface area (Å²) in [5, 5.41) is 3.25. The van der Waals surface area contributed by atoms with E-state index in [1.165, 1.54) is 0 Å². The van der Waals surface area contributed by atoms with E-state index < -0.39 is 11.7 Å². The lowest BCUT2D eigenvalue weighted by molar-refractivity contribution is 0.0500. The molecule has 1 aromatic rings. The summed E-state index contributed by atoms with van der Waals surface area (Å²) in [4.78, 5) is 15.6. The molecule has 1 atom stereocenters. The lowest BCUT2D eigenvalue weighted by atomic mass is 10.2. The van der Waals surface area contributed by atoms with Crippen LogP contribution in [0.1, 0.15) is 45.4 Å². The van der Waals surface area contributed by atoms with Gasteiger partial charge < -0.3 is 14.5 Å². The number of nitrogens with zero attached hydrogens (tertiary/aromatic N) is 1. The van der Waals surface area contributed by atoms with Gasteiger partial charge in [0.05, 0.1) is 11.5 Å². The molecule has 0 radical (unpaired) electrons. The first-order valence-electron chi connectivity index (χ1n) is 5.32. The van der Waals surface area contributed by atoms with Crippen LogP contribution >= 0.6 is 15.9 Å². The number of amides is 1. The fourth-order valence-corrected chi connectivity index (χ4v) is 1.39. The molecule has 0 fully saturated rings. The van der Waals surface area contributed by atoms with E-state index in [9.17, 15) is 4.79 Å². The first-order valence-corrected chi connectivity index (χ1v) is 6.44. The van der Waals surface area contributed by atoms with Crippen LogP contribution in [0.3, 0.4) is 0 Å². The van der Waals surface area contributed by atoms with Gasteiger partial charge in [0.15, 0.2) is 0 Å². The molecule has 0 saturated heterocycles. The van der Waals surface area contributed by atoms with Crippen molar-refractivity contribution in [2.75, 3.05) is 0 Å². The van der Waals surface area contributed by atoms with Crippen molar-refractivity contribution in [3.05, 3.63) is 17.8 Å². The zero-order chi connectivity index (χ0) is 13.1. The van der Waals surface area contributed by atoms with E-state index in [1.54, 1.807) is 13.1 Å². The molecule has 5 nitrogen and oxygen atoms in total. The number of alkyl halides is 1. The van der Waals surface area contributed by atoms with Crippen LogP contribution in [0.15, 0.2) is 10.6 Å². The van der Waals surface area contributed by atoms with Gasteiger partial charge in [0, 0.05) is 0 Å². The number of aromatic nitrogens is 1. The molecule has 17 heavy (non-hydrogen) atoms. The summed E-state index contributed by atoms with van der Waals surface area (Å²) in [6, 6.07) is -0.322. The molecule has 0 aliphatic carbocycles. The standard InChI is InChI=1S/C11H17BrN2O3/c1-7(9-13-6-8(5-12)16-9)14-10(15)17-11(2,3)4/h6-7H,5H2,1-4H3,(H,14,15)/t7-/m0/s1. The van der Waals surface area contributed by atoms with Gasteiger partial charge in [-0.05, 0) is 27.7 Å². The average Bonchev–Trinajstić information content (AvgIpc) is 2.62. The molecule has 0 aliphatic heterocycles. The van der Waals surface area contributed by atoms with Crippen molar-refractivity contribution in [2.24, 2.45) is 0 Å². The second-order valence-electron chi connectivity index (χ2n) is 4.67. The van der Waals surface area contributed by atoms with E-state index in [0.717, 1.165) is 5.76 Å². The van der Waals surface area contributed by atoms with E-state index in [0.29, 0.717) is 11.2 Å². The Morgan fingerprint density at radius 2 is 2.29 bits per heavy atom. The average molecular weight is 305 g/mol. The highest BCUT2D eigenvalue weighted by Crippen LogP contribution is 2.15. The number of carbonyl (C=O) groups excluding carboxylic acids is 1. The maximum atomic E-state index is 11.5. The lowest BCUT2D eigenvalue weighted by Gasteiger charge is -2.21. The zero-order valence-corrected chi connectivity index (χ0v) is 12.0. The minimum absolute atomic E-state index is 0.322. The van der Waals surface area contributed by atoms with Crippen LogP contribution < -0.4 is 5.32 Å². The van der Waals surface area contributed by atoms with Gasteiger partial charge in [0.25, 0.3) is 0 Å². The molecule has 0 bridgehead atoms. The number of alkyl carbamates (subject to hydrolysis) is 1. The Morgan fingerprint density at radius 1 is 1.65 bits per heavy atom. The minimum Gasteiger partial charge on any atom is -0.444 e. The van der Waals surface area contributed by atoms with Gasteiger partial charge in [0.1, 0.15) is 17.4 Å². The van der Waals surface area contributed by atoms with E-state index in [1.807, 2.05) is 20.8 Å². The van der Waals surface area contributed by atoms with Crippen LogP contribution in [-0.4, -0.2) is 16.7 Å². The number of hydrogen-bond acceptors (Lipinski definition) is 4. The highest BCUT2D eigenvalue weighted by Gasteiger charge is 2.20. The van der Waals surface area contributed by atoms with Crippen molar-refractivity contribution in [1.82, 2.24) is 10.3 Å². The Balaban J connectivity index is 2.54. The van der Waals surface area contributed by atoms with Crippen LogP contribution in [0.5, 0.6) is 0 Å². The lowest BCUT2D eigenvalue weighted by Crippen LogP contribution is -2.34. The molecule has 6 heteroatoms. The molecule has 1 amide bonds. The molecule has 0 saturated carbocycles. The predicted molar refractivity (Wildman–Crippen MR) is 66.9 cm³/mol. The smallest absolute Gasteiger partial charge is 0.408 e. The van der Waals surface area contributed by atoms with Crippen molar-refractivity contribution < 1.29 is 13.9 Å². The molecule has 0 spiro atoms. The van der Waals surface area contributed by atoms with Crippen molar-refractivity contribution in [2.45, 2.75) is 44.7 Å². The highest BCUT2D eigenvalue weighted by atomic mass is 79.9. The number of nitrogens with one attached hydrogen (secondary N) is 1.